The minimum atomic E-state index is 0.416. The van der Waals surface area contributed by atoms with Gasteiger partial charge in [-0.15, -0.1) is 10.2 Å². The molecule has 0 atom stereocenters. The quantitative estimate of drug-likeness (QED) is 0.607. The van der Waals surface area contributed by atoms with Crippen molar-refractivity contribution < 1.29 is 4.74 Å². The molecule has 3 rings (SSSR count). The summed E-state index contributed by atoms with van der Waals surface area (Å²) in [4.78, 5) is 0. The summed E-state index contributed by atoms with van der Waals surface area (Å²) in [7, 11) is 1.99. The van der Waals surface area contributed by atoms with E-state index in [0.29, 0.717) is 6.61 Å². The number of hydrogen-bond donors (Lipinski definition) is 0. The number of rotatable bonds is 6. The van der Waals surface area contributed by atoms with Crippen LogP contribution in [-0.4, -0.2) is 14.8 Å². The van der Waals surface area contributed by atoms with Gasteiger partial charge in [-0.3, -0.25) is 0 Å². The Hall–Kier alpha value is -2.27. The van der Waals surface area contributed by atoms with Crippen LogP contribution in [0.4, 0.5) is 0 Å². The first-order valence-corrected chi connectivity index (χ1v) is 9.29. The van der Waals surface area contributed by atoms with Crippen LogP contribution in [0.1, 0.15) is 28.1 Å². The van der Waals surface area contributed by atoms with E-state index >= 15 is 0 Å². The summed E-state index contributed by atoms with van der Waals surface area (Å²) in [6.07, 6.45) is 0. The molecule has 130 valence electrons. The molecule has 0 spiro atoms. The minimum absolute atomic E-state index is 0.416. The third-order valence-electron chi connectivity index (χ3n) is 4.33. The Morgan fingerprint density at radius 2 is 1.76 bits per heavy atom. The van der Waals surface area contributed by atoms with Gasteiger partial charge in [-0.05, 0) is 43.5 Å². The average Bonchev–Trinajstić information content (AvgIpc) is 2.96. The molecular weight excluding hydrogens is 330 g/mol. The number of aromatic nitrogens is 3. The molecule has 0 aliphatic rings. The van der Waals surface area contributed by atoms with Crippen molar-refractivity contribution in [3.8, 4) is 5.75 Å². The highest BCUT2D eigenvalue weighted by Crippen LogP contribution is 2.24. The van der Waals surface area contributed by atoms with Crippen LogP contribution in [-0.2, 0) is 19.4 Å². The van der Waals surface area contributed by atoms with E-state index in [-0.39, 0.29) is 0 Å². The highest BCUT2D eigenvalue weighted by molar-refractivity contribution is 7.98. The van der Waals surface area contributed by atoms with Crippen LogP contribution in [0.5, 0.6) is 5.75 Å². The van der Waals surface area contributed by atoms with Crippen LogP contribution in [0, 0.1) is 20.8 Å². The van der Waals surface area contributed by atoms with Gasteiger partial charge in [0.1, 0.15) is 12.4 Å². The van der Waals surface area contributed by atoms with Crippen molar-refractivity contribution in [2.75, 3.05) is 0 Å². The van der Waals surface area contributed by atoms with E-state index in [9.17, 15) is 0 Å². The SMILES string of the molecule is Cc1ccc(CSc2nnc(COc3cccc(C)c3C)n2C)cc1. The fraction of sp³-hybridized carbons (Fsp3) is 0.300. The van der Waals surface area contributed by atoms with Crippen molar-refractivity contribution >= 4 is 11.8 Å². The first kappa shape index (κ1) is 17.5. The van der Waals surface area contributed by atoms with Crippen LogP contribution in [0.3, 0.4) is 0 Å². The van der Waals surface area contributed by atoms with Crippen LogP contribution >= 0.6 is 11.8 Å². The maximum atomic E-state index is 5.94. The topological polar surface area (TPSA) is 39.9 Å². The molecular formula is C20H23N3OS. The van der Waals surface area contributed by atoms with Gasteiger partial charge < -0.3 is 9.30 Å². The lowest BCUT2D eigenvalue weighted by atomic mass is 10.1. The molecule has 0 aliphatic carbocycles. The summed E-state index contributed by atoms with van der Waals surface area (Å²) in [5, 5.41) is 9.48. The van der Waals surface area contributed by atoms with Crippen LogP contribution in [0.2, 0.25) is 0 Å². The lowest BCUT2D eigenvalue weighted by Gasteiger charge is -2.10. The molecule has 0 radical (unpaired) electrons. The number of ether oxygens (including phenoxy) is 1. The van der Waals surface area contributed by atoms with E-state index in [0.717, 1.165) is 22.5 Å². The highest BCUT2D eigenvalue weighted by atomic mass is 32.2. The van der Waals surface area contributed by atoms with E-state index in [4.69, 9.17) is 4.74 Å². The second-order valence-corrected chi connectivity index (χ2v) is 7.16. The molecule has 0 amide bonds. The van der Waals surface area contributed by atoms with Gasteiger partial charge in [0, 0.05) is 12.8 Å². The maximum Gasteiger partial charge on any atom is 0.191 e. The Labute approximate surface area is 153 Å². The summed E-state index contributed by atoms with van der Waals surface area (Å²) < 4.78 is 7.95. The standard InChI is InChI=1S/C20H23N3OS/c1-14-8-10-17(11-9-14)13-25-20-22-21-19(23(20)4)12-24-18-7-5-6-15(2)16(18)3/h5-11H,12-13H2,1-4H3. The summed E-state index contributed by atoms with van der Waals surface area (Å²) in [5.41, 5.74) is 4.95. The number of benzene rings is 2. The van der Waals surface area contributed by atoms with Crippen molar-refractivity contribution in [1.82, 2.24) is 14.8 Å². The van der Waals surface area contributed by atoms with Gasteiger partial charge in [0.05, 0.1) is 0 Å². The Balaban J connectivity index is 1.62. The summed E-state index contributed by atoms with van der Waals surface area (Å²) >= 11 is 1.69. The van der Waals surface area contributed by atoms with Gasteiger partial charge in [-0.1, -0.05) is 53.7 Å². The molecule has 0 bridgehead atoms. The second kappa shape index (κ2) is 7.74. The van der Waals surface area contributed by atoms with Crippen LogP contribution in [0.15, 0.2) is 47.6 Å². The van der Waals surface area contributed by atoms with Crippen molar-refractivity contribution in [1.29, 1.82) is 0 Å². The molecule has 0 fully saturated rings. The molecule has 1 heterocycles. The predicted octanol–water partition coefficient (Wildman–Crippen LogP) is 4.61. The van der Waals surface area contributed by atoms with E-state index in [1.165, 1.54) is 22.3 Å². The van der Waals surface area contributed by atoms with Gasteiger partial charge >= 0.3 is 0 Å². The Kier molecular flexibility index (Phi) is 5.43. The lowest BCUT2D eigenvalue weighted by molar-refractivity contribution is 0.288. The molecule has 1 aromatic heterocycles. The van der Waals surface area contributed by atoms with Crippen molar-refractivity contribution in [3.63, 3.8) is 0 Å². The van der Waals surface area contributed by atoms with Gasteiger partial charge in [-0.25, -0.2) is 0 Å². The normalized spacial score (nSPS) is 10.9. The fourth-order valence-corrected chi connectivity index (χ4v) is 3.34. The molecule has 0 N–H and O–H groups in total. The first-order valence-electron chi connectivity index (χ1n) is 8.30. The van der Waals surface area contributed by atoms with Crippen molar-refractivity contribution in [2.45, 2.75) is 38.3 Å². The Morgan fingerprint density at radius 3 is 2.52 bits per heavy atom. The zero-order valence-corrected chi connectivity index (χ0v) is 15.9. The van der Waals surface area contributed by atoms with E-state index in [1.54, 1.807) is 11.8 Å². The predicted molar refractivity (Wildman–Crippen MR) is 102 cm³/mol. The minimum Gasteiger partial charge on any atom is -0.485 e. The van der Waals surface area contributed by atoms with Crippen LogP contribution < -0.4 is 4.74 Å². The van der Waals surface area contributed by atoms with Gasteiger partial charge in [0.2, 0.25) is 0 Å². The monoisotopic (exact) mass is 353 g/mol. The Bertz CT molecular complexity index is 856. The van der Waals surface area contributed by atoms with E-state index < -0.39 is 0 Å². The maximum absolute atomic E-state index is 5.94. The highest BCUT2D eigenvalue weighted by Gasteiger charge is 2.11. The van der Waals surface area contributed by atoms with Crippen molar-refractivity contribution in [2.24, 2.45) is 7.05 Å². The fourth-order valence-electron chi connectivity index (χ4n) is 2.45. The molecule has 2 aromatic carbocycles. The number of hydrogen-bond acceptors (Lipinski definition) is 4. The van der Waals surface area contributed by atoms with Crippen LogP contribution in [0.25, 0.3) is 0 Å². The molecule has 4 nitrogen and oxygen atoms in total. The first-order chi connectivity index (χ1) is 12.0. The third-order valence-corrected chi connectivity index (χ3v) is 5.42. The number of nitrogens with zero attached hydrogens (tertiary/aromatic N) is 3. The lowest BCUT2D eigenvalue weighted by Crippen LogP contribution is -2.05. The Morgan fingerprint density at radius 1 is 1.00 bits per heavy atom. The van der Waals surface area contributed by atoms with Gasteiger partial charge in [-0.2, -0.15) is 0 Å². The number of aryl methyl sites for hydroxylation is 2. The van der Waals surface area contributed by atoms with Crippen molar-refractivity contribution in [3.05, 3.63) is 70.5 Å². The molecule has 0 saturated carbocycles. The smallest absolute Gasteiger partial charge is 0.191 e. The molecule has 0 aliphatic heterocycles. The summed E-state index contributed by atoms with van der Waals surface area (Å²) in [5.74, 6) is 2.61. The molecule has 5 heteroatoms. The van der Waals surface area contributed by atoms with Gasteiger partial charge in [0.15, 0.2) is 11.0 Å². The van der Waals surface area contributed by atoms with E-state index in [1.807, 2.05) is 23.7 Å². The van der Waals surface area contributed by atoms with Gasteiger partial charge in [0.25, 0.3) is 0 Å². The molecule has 25 heavy (non-hydrogen) atoms. The largest absolute Gasteiger partial charge is 0.485 e. The van der Waals surface area contributed by atoms with E-state index in [2.05, 4.69) is 61.3 Å². The molecule has 0 saturated heterocycles. The zero-order valence-electron chi connectivity index (χ0n) is 15.1. The average molecular weight is 353 g/mol. The third kappa shape index (κ3) is 4.23. The summed E-state index contributed by atoms with van der Waals surface area (Å²) in [6, 6.07) is 14.7. The molecule has 0 unspecified atom stereocenters. The zero-order chi connectivity index (χ0) is 17.8. The summed E-state index contributed by atoms with van der Waals surface area (Å²) in [6.45, 7) is 6.68. The molecule has 3 aromatic rings. The second-order valence-electron chi connectivity index (χ2n) is 6.22. The number of thioether (sulfide) groups is 1.